The SMILES string of the molecule is CC(C)(C)[C@@H](N)c1cc(O)ccc1O.Cl. The highest BCUT2D eigenvalue weighted by Crippen LogP contribution is 2.36. The van der Waals surface area contributed by atoms with Crippen LogP contribution in [0.2, 0.25) is 0 Å². The van der Waals surface area contributed by atoms with Gasteiger partial charge >= 0.3 is 0 Å². The zero-order valence-corrected chi connectivity index (χ0v) is 10.0. The maximum Gasteiger partial charge on any atom is 0.120 e. The van der Waals surface area contributed by atoms with Gasteiger partial charge in [-0.2, -0.15) is 0 Å². The first-order valence-corrected chi connectivity index (χ1v) is 4.60. The Labute approximate surface area is 96.3 Å². The van der Waals surface area contributed by atoms with Crippen molar-refractivity contribution in [3.8, 4) is 11.5 Å². The highest BCUT2D eigenvalue weighted by atomic mass is 35.5. The van der Waals surface area contributed by atoms with Crippen LogP contribution >= 0.6 is 12.4 Å². The Balaban J connectivity index is 0.00000196. The van der Waals surface area contributed by atoms with Crippen molar-refractivity contribution in [1.29, 1.82) is 0 Å². The molecule has 0 unspecified atom stereocenters. The Morgan fingerprint density at radius 2 is 1.73 bits per heavy atom. The minimum atomic E-state index is -0.297. The van der Waals surface area contributed by atoms with Gasteiger partial charge in [0.15, 0.2) is 0 Å². The van der Waals surface area contributed by atoms with Crippen LogP contribution in [0.15, 0.2) is 18.2 Å². The molecule has 1 atom stereocenters. The molecule has 0 aliphatic carbocycles. The highest BCUT2D eigenvalue weighted by molar-refractivity contribution is 5.85. The largest absolute Gasteiger partial charge is 0.508 e. The quantitative estimate of drug-likeness (QED) is 0.651. The van der Waals surface area contributed by atoms with Crippen LogP contribution < -0.4 is 5.73 Å². The standard InChI is InChI=1S/C11H17NO2.ClH/c1-11(2,3)10(12)8-6-7(13)4-5-9(8)14;/h4-6,10,13-14H,12H2,1-3H3;1H/t10-;/m0./s1. The number of halogens is 1. The lowest BCUT2D eigenvalue weighted by Crippen LogP contribution is -2.26. The van der Waals surface area contributed by atoms with E-state index in [-0.39, 0.29) is 35.4 Å². The van der Waals surface area contributed by atoms with Gasteiger partial charge in [0.25, 0.3) is 0 Å². The molecule has 1 aromatic carbocycles. The van der Waals surface area contributed by atoms with Crippen LogP contribution in [0.4, 0.5) is 0 Å². The van der Waals surface area contributed by atoms with Crippen molar-refractivity contribution in [3.05, 3.63) is 23.8 Å². The summed E-state index contributed by atoms with van der Waals surface area (Å²) in [5, 5.41) is 18.9. The first-order valence-electron chi connectivity index (χ1n) is 4.60. The molecule has 0 fully saturated rings. The van der Waals surface area contributed by atoms with E-state index in [0.717, 1.165) is 0 Å². The summed E-state index contributed by atoms with van der Waals surface area (Å²) in [6.07, 6.45) is 0. The van der Waals surface area contributed by atoms with Gasteiger partial charge in [-0.15, -0.1) is 12.4 Å². The lowest BCUT2D eigenvalue weighted by molar-refractivity contribution is 0.316. The van der Waals surface area contributed by atoms with E-state index in [1.54, 1.807) is 0 Å². The minimum absolute atomic E-state index is 0. The molecule has 4 N–H and O–H groups in total. The Morgan fingerprint density at radius 1 is 1.20 bits per heavy atom. The van der Waals surface area contributed by atoms with E-state index in [0.29, 0.717) is 5.56 Å². The number of nitrogens with two attached hydrogens (primary N) is 1. The van der Waals surface area contributed by atoms with Gasteiger partial charge in [-0.25, -0.2) is 0 Å². The summed E-state index contributed by atoms with van der Waals surface area (Å²) in [5.41, 5.74) is 6.40. The molecule has 86 valence electrons. The summed E-state index contributed by atoms with van der Waals surface area (Å²) in [4.78, 5) is 0. The summed E-state index contributed by atoms with van der Waals surface area (Å²) in [6.45, 7) is 5.96. The number of aromatic hydroxyl groups is 2. The second-order valence-corrected chi connectivity index (χ2v) is 4.59. The lowest BCUT2D eigenvalue weighted by atomic mass is 9.83. The number of hydrogen-bond acceptors (Lipinski definition) is 3. The van der Waals surface area contributed by atoms with Gasteiger partial charge in [0.2, 0.25) is 0 Å². The predicted molar refractivity (Wildman–Crippen MR) is 63.4 cm³/mol. The average molecular weight is 232 g/mol. The van der Waals surface area contributed by atoms with Crippen LogP contribution in [0.3, 0.4) is 0 Å². The molecule has 0 amide bonds. The van der Waals surface area contributed by atoms with Gasteiger partial charge in [0.05, 0.1) is 0 Å². The van der Waals surface area contributed by atoms with Crippen molar-refractivity contribution in [2.24, 2.45) is 11.1 Å². The van der Waals surface area contributed by atoms with E-state index >= 15 is 0 Å². The molecule has 0 heterocycles. The van der Waals surface area contributed by atoms with Gasteiger partial charge in [0.1, 0.15) is 11.5 Å². The average Bonchev–Trinajstić information content (AvgIpc) is 2.06. The summed E-state index contributed by atoms with van der Waals surface area (Å²) in [6, 6.07) is 4.10. The number of phenols is 2. The normalized spacial score (nSPS) is 13.1. The number of hydrogen-bond donors (Lipinski definition) is 3. The van der Waals surface area contributed by atoms with Crippen molar-refractivity contribution in [1.82, 2.24) is 0 Å². The van der Waals surface area contributed by atoms with Crippen LogP contribution in [0.5, 0.6) is 11.5 Å². The fraction of sp³-hybridized carbons (Fsp3) is 0.455. The Hall–Kier alpha value is -0.930. The van der Waals surface area contributed by atoms with Gasteiger partial charge in [0, 0.05) is 11.6 Å². The fourth-order valence-corrected chi connectivity index (χ4v) is 1.26. The second-order valence-electron chi connectivity index (χ2n) is 4.59. The predicted octanol–water partition coefficient (Wildman–Crippen LogP) is 2.57. The third kappa shape index (κ3) is 3.29. The zero-order valence-electron chi connectivity index (χ0n) is 9.19. The molecule has 1 rings (SSSR count). The maximum atomic E-state index is 9.58. The lowest BCUT2D eigenvalue weighted by Gasteiger charge is -2.27. The Morgan fingerprint density at radius 3 is 2.20 bits per heavy atom. The van der Waals surface area contributed by atoms with E-state index in [1.807, 2.05) is 20.8 Å². The zero-order chi connectivity index (χ0) is 10.9. The third-order valence-corrected chi connectivity index (χ3v) is 2.28. The van der Waals surface area contributed by atoms with Crippen LogP contribution in [0, 0.1) is 5.41 Å². The van der Waals surface area contributed by atoms with Gasteiger partial charge < -0.3 is 15.9 Å². The van der Waals surface area contributed by atoms with Crippen molar-refractivity contribution < 1.29 is 10.2 Å². The molecule has 0 saturated heterocycles. The maximum absolute atomic E-state index is 9.58. The van der Waals surface area contributed by atoms with E-state index in [2.05, 4.69) is 0 Å². The number of phenolic OH excluding ortho intramolecular Hbond substituents is 2. The van der Waals surface area contributed by atoms with Crippen LogP contribution in [0.25, 0.3) is 0 Å². The summed E-state index contributed by atoms with van der Waals surface area (Å²) in [5.74, 6) is 0.253. The Bertz CT molecular complexity index is 334. The first kappa shape index (κ1) is 14.1. The molecule has 3 nitrogen and oxygen atoms in total. The molecule has 1 aromatic rings. The summed E-state index contributed by atoms with van der Waals surface area (Å²) < 4.78 is 0. The van der Waals surface area contributed by atoms with Gasteiger partial charge in [-0.3, -0.25) is 0 Å². The molecule has 15 heavy (non-hydrogen) atoms. The molecule has 0 bridgehead atoms. The van der Waals surface area contributed by atoms with Crippen LogP contribution in [-0.2, 0) is 0 Å². The van der Waals surface area contributed by atoms with Crippen molar-refractivity contribution in [3.63, 3.8) is 0 Å². The molecule has 0 saturated carbocycles. The van der Waals surface area contributed by atoms with Crippen LogP contribution in [0.1, 0.15) is 32.4 Å². The first-order chi connectivity index (χ1) is 6.32. The highest BCUT2D eigenvalue weighted by Gasteiger charge is 2.24. The molecular formula is C11H18ClNO2. The van der Waals surface area contributed by atoms with Crippen molar-refractivity contribution >= 4 is 12.4 Å². The van der Waals surface area contributed by atoms with Gasteiger partial charge in [-0.05, 0) is 23.6 Å². The molecule has 4 heteroatoms. The molecule has 0 aliphatic rings. The molecular weight excluding hydrogens is 214 g/mol. The number of benzene rings is 1. The smallest absolute Gasteiger partial charge is 0.120 e. The second kappa shape index (κ2) is 4.73. The topological polar surface area (TPSA) is 66.5 Å². The summed E-state index contributed by atoms with van der Waals surface area (Å²) >= 11 is 0. The van der Waals surface area contributed by atoms with Gasteiger partial charge in [-0.1, -0.05) is 20.8 Å². The van der Waals surface area contributed by atoms with E-state index in [9.17, 15) is 10.2 Å². The van der Waals surface area contributed by atoms with E-state index in [1.165, 1.54) is 18.2 Å². The molecule has 0 aliphatic heterocycles. The third-order valence-electron chi connectivity index (χ3n) is 2.28. The monoisotopic (exact) mass is 231 g/mol. The molecule has 0 spiro atoms. The molecule has 0 aromatic heterocycles. The van der Waals surface area contributed by atoms with E-state index < -0.39 is 0 Å². The fourth-order valence-electron chi connectivity index (χ4n) is 1.26. The number of rotatable bonds is 1. The molecule has 0 radical (unpaired) electrons. The van der Waals surface area contributed by atoms with Crippen molar-refractivity contribution in [2.45, 2.75) is 26.8 Å². The summed E-state index contributed by atoms with van der Waals surface area (Å²) in [7, 11) is 0. The minimum Gasteiger partial charge on any atom is -0.508 e. The Kier molecular flexibility index (Phi) is 4.43. The van der Waals surface area contributed by atoms with E-state index in [4.69, 9.17) is 5.73 Å². The van der Waals surface area contributed by atoms with Crippen molar-refractivity contribution in [2.75, 3.05) is 0 Å². The van der Waals surface area contributed by atoms with Crippen LogP contribution in [-0.4, -0.2) is 10.2 Å².